The number of carbonyl (C=O) groups excluding carboxylic acids is 2. The van der Waals surface area contributed by atoms with E-state index in [9.17, 15) is 9.59 Å². The topological polar surface area (TPSA) is 58.9 Å². The predicted octanol–water partition coefficient (Wildman–Crippen LogP) is 4.60. The van der Waals surface area contributed by atoms with Crippen LogP contribution in [0.1, 0.15) is 0 Å². The van der Waals surface area contributed by atoms with E-state index in [1.807, 2.05) is 0 Å². The number of hydrogen-bond acceptors (Lipinski definition) is 4. The standard InChI is InChI=1S/C14H6Cl2N2O2/c15-11-6-5-10(14(13(11)16)18-8-20)9-3-1-2-4-12(9)17-7-19/h1-6H. The predicted molar refractivity (Wildman–Crippen MR) is 77.5 cm³/mol. The molecule has 0 heterocycles. The summed E-state index contributed by atoms with van der Waals surface area (Å²) in [6.07, 6.45) is 2.92. The van der Waals surface area contributed by atoms with E-state index in [-0.39, 0.29) is 15.7 Å². The molecule has 0 saturated heterocycles. The Morgan fingerprint density at radius 2 is 1.55 bits per heavy atom. The van der Waals surface area contributed by atoms with Crippen molar-refractivity contribution >= 4 is 46.7 Å². The number of hydrogen-bond donors (Lipinski definition) is 0. The van der Waals surface area contributed by atoms with Gasteiger partial charge in [0.25, 0.3) is 0 Å². The van der Waals surface area contributed by atoms with Gasteiger partial charge < -0.3 is 0 Å². The maximum atomic E-state index is 10.6. The van der Waals surface area contributed by atoms with E-state index in [1.165, 1.54) is 12.2 Å². The Bertz CT molecular complexity index is 762. The summed E-state index contributed by atoms with van der Waals surface area (Å²) in [5, 5.41) is 0.401. The summed E-state index contributed by atoms with van der Waals surface area (Å²) in [5.74, 6) is 0. The summed E-state index contributed by atoms with van der Waals surface area (Å²) in [7, 11) is 0. The van der Waals surface area contributed by atoms with Crippen LogP contribution in [0.25, 0.3) is 11.1 Å². The van der Waals surface area contributed by atoms with Crippen molar-refractivity contribution in [3.63, 3.8) is 0 Å². The van der Waals surface area contributed by atoms with Crippen molar-refractivity contribution in [2.75, 3.05) is 0 Å². The van der Waals surface area contributed by atoms with Gasteiger partial charge in [0, 0.05) is 11.1 Å². The molecule has 2 aromatic rings. The van der Waals surface area contributed by atoms with Crippen LogP contribution >= 0.6 is 23.2 Å². The molecule has 0 fully saturated rings. The Balaban J connectivity index is 2.80. The van der Waals surface area contributed by atoms with Gasteiger partial charge in [0.15, 0.2) is 0 Å². The maximum absolute atomic E-state index is 10.6. The molecule has 0 saturated carbocycles. The lowest BCUT2D eigenvalue weighted by Gasteiger charge is -2.09. The monoisotopic (exact) mass is 304 g/mol. The van der Waals surface area contributed by atoms with Gasteiger partial charge in [0.2, 0.25) is 12.2 Å². The molecular weight excluding hydrogens is 299 g/mol. The first-order chi connectivity index (χ1) is 9.69. The molecule has 0 N–H and O–H groups in total. The van der Waals surface area contributed by atoms with Gasteiger partial charge in [-0.15, -0.1) is 0 Å². The number of halogens is 2. The van der Waals surface area contributed by atoms with Crippen LogP contribution in [0.15, 0.2) is 46.4 Å². The third kappa shape index (κ3) is 2.69. The lowest BCUT2D eigenvalue weighted by molar-refractivity contribution is 0.564. The molecule has 98 valence electrons. The van der Waals surface area contributed by atoms with Gasteiger partial charge in [-0.05, 0) is 12.1 Å². The molecule has 0 aromatic heterocycles. The normalized spacial score (nSPS) is 9.50. The molecule has 2 rings (SSSR count). The van der Waals surface area contributed by atoms with E-state index < -0.39 is 0 Å². The van der Waals surface area contributed by atoms with Crippen LogP contribution in [0.3, 0.4) is 0 Å². The highest BCUT2D eigenvalue weighted by Crippen LogP contribution is 2.43. The van der Waals surface area contributed by atoms with E-state index in [4.69, 9.17) is 23.2 Å². The number of para-hydroxylation sites is 1. The fourth-order valence-electron chi connectivity index (χ4n) is 1.76. The lowest BCUT2D eigenvalue weighted by Crippen LogP contribution is -1.83. The molecule has 0 amide bonds. The highest BCUT2D eigenvalue weighted by molar-refractivity contribution is 6.44. The molecule has 0 aliphatic rings. The summed E-state index contributed by atoms with van der Waals surface area (Å²) >= 11 is 11.9. The molecule has 0 spiro atoms. The van der Waals surface area contributed by atoms with Crippen LogP contribution < -0.4 is 0 Å². The molecule has 0 aliphatic carbocycles. The Labute approximate surface area is 124 Å². The zero-order valence-corrected chi connectivity index (χ0v) is 11.4. The smallest absolute Gasteiger partial charge is 0.211 e. The van der Waals surface area contributed by atoms with Gasteiger partial charge in [-0.3, -0.25) is 0 Å². The van der Waals surface area contributed by atoms with Gasteiger partial charge in [-0.1, -0.05) is 47.5 Å². The Hall–Kier alpha value is -2.22. The van der Waals surface area contributed by atoms with Crippen molar-refractivity contribution in [3.05, 3.63) is 46.4 Å². The van der Waals surface area contributed by atoms with Crippen LogP contribution in [-0.4, -0.2) is 12.2 Å². The van der Waals surface area contributed by atoms with Crippen LogP contribution in [0.4, 0.5) is 11.4 Å². The average Bonchev–Trinajstić information content (AvgIpc) is 2.46. The minimum atomic E-state index is 0.136. The summed E-state index contributed by atoms with van der Waals surface area (Å²) in [5.41, 5.74) is 1.69. The van der Waals surface area contributed by atoms with Crippen molar-refractivity contribution in [1.29, 1.82) is 0 Å². The number of nitrogens with zero attached hydrogens (tertiary/aromatic N) is 2. The molecule has 4 nitrogen and oxygen atoms in total. The van der Waals surface area contributed by atoms with Crippen molar-refractivity contribution in [2.24, 2.45) is 9.98 Å². The van der Waals surface area contributed by atoms with Crippen molar-refractivity contribution in [3.8, 4) is 11.1 Å². The maximum Gasteiger partial charge on any atom is 0.240 e. The first kappa shape index (κ1) is 14.2. The largest absolute Gasteiger partial charge is 0.240 e. The third-order valence-electron chi connectivity index (χ3n) is 2.59. The van der Waals surface area contributed by atoms with E-state index >= 15 is 0 Å². The second-order valence-corrected chi connectivity index (χ2v) is 4.47. The molecule has 0 unspecified atom stereocenters. The third-order valence-corrected chi connectivity index (χ3v) is 3.38. The van der Waals surface area contributed by atoms with Crippen molar-refractivity contribution in [2.45, 2.75) is 0 Å². The minimum Gasteiger partial charge on any atom is -0.211 e. The van der Waals surface area contributed by atoms with Crippen LogP contribution in [-0.2, 0) is 9.59 Å². The molecular formula is C14H6Cl2N2O2. The molecule has 6 heteroatoms. The molecule has 20 heavy (non-hydrogen) atoms. The number of rotatable bonds is 3. The van der Waals surface area contributed by atoms with Crippen molar-refractivity contribution in [1.82, 2.24) is 0 Å². The Morgan fingerprint density at radius 1 is 0.850 bits per heavy atom. The van der Waals surface area contributed by atoms with Gasteiger partial charge >= 0.3 is 0 Å². The van der Waals surface area contributed by atoms with Crippen LogP contribution in [0, 0.1) is 0 Å². The zero-order chi connectivity index (χ0) is 14.5. The van der Waals surface area contributed by atoms with Gasteiger partial charge in [0.1, 0.15) is 5.69 Å². The van der Waals surface area contributed by atoms with Gasteiger partial charge in [-0.2, -0.15) is 9.98 Å². The highest BCUT2D eigenvalue weighted by Gasteiger charge is 2.14. The fourth-order valence-corrected chi connectivity index (χ4v) is 2.12. The second kappa shape index (κ2) is 6.29. The highest BCUT2D eigenvalue weighted by atomic mass is 35.5. The molecule has 0 aliphatic heterocycles. The summed E-state index contributed by atoms with van der Waals surface area (Å²) in [6, 6.07) is 10.1. The molecule has 0 bridgehead atoms. The van der Waals surface area contributed by atoms with E-state index in [0.717, 1.165) is 0 Å². The quantitative estimate of drug-likeness (QED) is 0.615. The van der Waals surface area contributed by atoms with Gasteiger partial charge in [0.05, 0.1) is 15.7 Å². The van der Waals surface area contributed by atoms with E-state index in [0.29, 0.717) is 16.8 Å². The van der Waals surface area contributed by atoms with Gasteiger partial charge in [-0.25, -0.2) is 9.59 Å². The molecule has 0 radical (unpaired) electrons. The van der Waals surface area contributed by atoms with Crippen molar-refractivity contribution < 1.29 is 9.59 Å². The number of aliphatic imine (C=N–C) groups is 2. The second-order valence-electron chi connectivity index (χ2n) is 3.68. The molecule has 2 aromatic carbocycles. The molecule has 0 atom stereocenters. The SMILES string of the molecule is O=C=Nc1ccccc1-c1ccc(Cl)c(Cl)c1N=C=O. The number of isocyanates is 2. The minimum absolute atomic E-state index is 0.136. The van der Waals surface area contributed by atoms with E-state index in [1.54, 1.807) is 36.4 Å². The van der Waals surface area contributed by atoms with E-state index in [2.05, 4.69) is 9.98 Å². The average molecular weight is 305 g/mol. The Kier molecular flexibility index (Phi) is 4.46. The summed E-state index contributed by atoms with van der Waals surface area (Å²) < 4.78 is 0. The lowest BCUT2D eigenvalue weighted by atomic mass is 10.0. The first-order valence-electron chi connectivity index (χ1n) is 5.42. The summed E-state index contributed by atoms with van der Waals surface area (Å²) in [4.78, 5) is 28.2. The fraction of sp³-hybridized carbons (Fsp3) is 0. The zero-order valence-electron chi connectivity index (χ0n) is 9.93. The van der Waals surface area contributed by atoms with Crippen LogP contribution in [0.2, 0.25) is 10.0 Å². The first-order valence-corrected chi connectivity index (χ1v) is 6.17. The summed E-state index contributed by atoms with van der Waals surface area (Å²) in [6.45, 7) is 0. The number of benzene rings is 2. The Morgan fingerprint density at radius 3 is 2.25 bits per heavy atom. The van der Waals surface area contributed by atoms with Crippen LogP contribution in [0.5, 0.6) is 0 Å².